The molecule has 0 fully saturated rings. The third kappa shape index (κ3) is 2.03. The molecule has 10 heavy (non-hydrogen) atoms. The van der Waals surface area contributed by atoms with Gasteiger partial charge in [-0.1, -0.05) is 0 Å². The number of halogens is 2. The molecular formula is C5H6Br2N2S. The van der Waals surface area contributed by atoms with Gasteiger partial charge in [0.05, 0.1) is 3.79 Å². The van der Waals surface area contributed by atoms with Crippen molar-refractivity contribution in [3.63, 3.8) is 0 Å². The van der Waals surface area contributed by atoms with E-state index >= 15 is 0 Å². The molecule has 0 spiro atoms. The summed E-state index contributed by atoms with van der Waals surface area (Å²) in [7, 11) is 0. The van der Waals surface area contributed by atoms with E-state index in [2.05, 4.69) is 37.3 Å². The van der Waals surface area contributed by atoms with Crippen molar-refractivity contribution in [1.82, 2.24) is 5.43 Å². The second kappa shape index (κ2) is 3.82. The van der Waals surface area contributed by atoms with Crippen molar-refractivity contribution in [3.8, 4) is 0 Å². The van der Waals surface area contributed by atoms with Crippen molar-refractivity contribution >= 4 is 43.2 Å². The van der Waals surface area contributed by atoms with Gasteiger partial charge in [0.15, 0.2) is 0 Å². The summed E-state index contributed by atoms with van der Waals surface area (Å²) in [5, 5.41) is 0. The van der Waals surface area contributed by atoms with Crippen LogP contribution in [-0.4, -0.2) is 0 Å². The first-order chi connectivity index (χ1) is 4.74. The molecule has 1 rings (SSSR count). The Morgan fingerprint density at radius 1 is 1.60 bits per heavy atom. The first kappa shape index (κ1) is 8.67. The Morgan fingerprint density at radius 2 is 2.30 bits per heavy atom. The Kier molecular flexibility index (Phi) is 3.32. The van der Waals surface area contributed by atoms with E-state index in [1.54, 1.807) is 11.3 Å². The van der Waals surface area contributed by atoms with Gasteiger partial charge in [0.2, 0.25) is 0 Å². The fourth-order valence-corrected chi connectivity index (χ4v) is 2.71. The zero-order valence-corrected chi connectivity index (χ0v) is 9.01. The van der Waals surface area contributed by atoms with Crippen molar-refractivity contribution < 1.29 is 0 Å². The highest BCUT2D eigenvalue weighted by molar-refractivity contribution is 9.13. The monoisotopic (exact) mass is 284 g/mol. The van der Waals surface area contributed by atoms with E-state index in [1.807, 2.05) is 6.07 Å². The SMILES string of the molecule is NNCc1cc(Br)c(Br)s1. The van der Waals surface area contributed by atoms with Crippen molar-refractivity contribution in [1.29, 1.82) is 0 Å². The van der Waals surface area contributed by atoms with Crippen LogP contribution >= 0.6 is 43.2 Å². The molecule has 0 aliphatic rings. The van der Waals surface area contributed by atoms with Gasteiger partial charge < -0.3 is 0 Å². The van der Waals surface area contributed by atoms with E-state index in [9.17, 15) is 0 Å². The fraction of sp³-hybridized carbons (Fsp3) is 0.200. The molecule has 1 aromatic rings. The van der Waals surface area contributed by atoms with Crippen LogP contribution in [0.2, 0.25) is 0 Å². The maximum atomic E-state index is 5.15. The molecule has 3 N–H and O–H groups in total. The van der Waals surface area contributed by atoms with Gasteiger partial charge in [0, 0.05) is 15.9 Å². The van der Waals surface area contributed by atoms with Crippen LogP contribution in [0, 0.1) is 0 Å². The van der Waals surface area contributed by atoms with Crippen LogP contribution in [-0.2, 0) is 6.54 Å². The standard InChI is InChI=1S/C5H6Br2N2S/c6-4-1-3(2-9-8)10-5(4)7/h1,9H,2,8H2. The van der Waals surface area contributed by atoms with Crippen molar-refractivity contribution in [2.45, 2.75) is 6.54 Å². The highest BCUT2D eigenvalue weighted by Gasteiger charge is 2.01. The maximum absolute atomic E-state index is 5.15. The number of hydrogen-bond acceptors (Lipinski definition) is 3. The molecular weight excluding hydrogens is 280 g/mol. The lowest BCUT2D eigenvalue weighted by molar-refractivity contribution is 0.751. The van der Waals surface area contributed by atoms with Crippen LogP contribution in [0.4, 0.5) is 0 Å². The summed E-state index contributed by atoms with van der Waals surface area (Å²) < 4.78 is 2.19. The molecule has 56 valence electrons. The molecule has 0 saturated heterocycles. The van der Waals surface area contributed by atoms with Crippen molar-refractivity contribution in [2.75, 3.05) is 0 Å². The molecule has 0 atom stereocenters. The molecule has 0 saturated carbocycles. The van der Waals surface area contributed by atoms with Gasteiger partial charge in [-0.25, -0.2) is 0 Å². The van der Waals surface area contributed by atoms with Crippen LogP contribution < -0.4 is 11.3 Å². The van der Waals surface area contributed by atoms with Crippen LogP contribution in [0.5, 0.6) is 0 Å². The average Bonchev–Trinajstić information content (AvgIpc) is 2.14. The lowest BCUT2D eigenvalue weighted by Gasteiger charge is -1.89. The second-order valence-corrected chi connectivity index (χ2v) is 5.02. The van der Waals surface area contributed by atoms with E-state index in [4.69, 9.17) is 5.84 Å². The summed E-state index contributed by atoms with van der Waals surface area (Å²) in [6, 6.07) is 2.04. The molecule has 0 aromatic carbocycles. The predicted octanol–water partition coefficient (Wildman–Crippen LogP) is 2.24. The first-order valence-corrected chi connectivity index (χ1v) is 5.01. The highest BCUT2D eigenvalue weighted by atomic mass is 79.9. The normalized spacial score (nSPS) is 10.3. The lowest BCUT2D eigenvalue weighted by Crippen LogP contribution is -2.19. The molecule has 0 amide bonds. The molecule has 0 radical (unpaired) electrons. The Morgan fingerprint density at radius 3 is 2.70 bits per heavy atom. The minimum absolute atomic E-state index is 0.717. The third-order valence-corrected chi connectivity index (χ3v) is 4.23. The van der Waals surface area contributed by atoms with Crippen LogP contribution in [0.3, 0.4) is 0 Å². The quantitative estimate of drug-likeness (QED) is 0.646. The predicted molar refractivity (Wildman–Crippen MR) is 50.7 cm³/mol. The average molecular weight is 286 g/mol. The Labute approximate surface area is 80.0 Å². The smallest absolute Gasteiger partial charge is 0.0843 e. The van der Waals surface area contributed by atoms with Gasteiger partial charge in [0.1, 0.15) is 0 Å². The number of hydrazine groups is 1. The lowest BCUT2D eigenvalue weighted by atomic mass is 10.5. The molecule has 0 aliphatic heterocycles. The third-order valence-electron chi connectivity index (χ3n) is 0.972. The van der Waals surface area contributed by atoms with Gasteiger partial charge in [-0.2, -0.15) is 0 Å². The largest absolute Gasteiger partial charge is 0.271 e. The van der Waals surface area contributed by atoms with Crippen LogP contribution in [0.25, 0.3) is 0 Å². The minimum atomic E-state index is 0.717. The number of nitrogens with two attached hydrogens (primary N) is 1. The van der Waals surface area contributed by atoms with E-state index < -0.39 is 0 Å². The number of nitrogens with one attached hydrogen (secondary N) is 1. The van der Waals surface area contributed by atoms with Gasteiger partial charge in [-0.15, -0.1) is 11.3 Å². The maximum Gasteiger partial charge on any atom is 0.0843 e. The molecule has 1 heterocycles. The molecule has 0 bridgehead atoms. The van der Waals surface area contributed by atoms with E-state index in [0.717, 1.165) is 14.8 Å². The number of thiophene rings is 1. The van der Waals surface area contributed by atoms with Crippen molar-refractivity contribution in [3.05, 3.63) is 19.2 Å². The highest BCUT2D eigenvalue weighted by Crippen LogP contribution is 2.31. The Hall–Kier alpha value is 0.580. The fourth-order valence-electron chi connectivity index (χ4n) is 0.579. The van der Waals surface area contributed by atoms with Gasteiger partial charge >= 0.3 is 0 Å². The summed E-state index contributed by atoms with van der Waals surface area (Å²) in [6.45, 7) is 0.717. The summed E-state index contributed by atoms with van der Waals surface area (Å²) in [5.74, 6) is 5.15. The first-order valence-electron chi connectivity index (χ1n) is 2.61. The second-order valence-electron chi connectivity index (χ2n) is 1.72. The molecule has 2 nitrogen and oxygen atoms in total. The summed E-state index contributed by atoms with van der Waals surface area (Å²) in [5.41, 5.74) is 2.59. The minimum Gasteiger partial charge on any atom is -0.271 e. The van der Waals surface area contributed by atoms with Crippen molar-refractivity contribution in [2.24, 2.45) is 5.84 Å². The van der Waals surface area contributed by atoms with Gasteiger partial charge in [-0.3, -0.25) is 11.3 Å². The summed E-state index contributed by atoms with van der Waals surface area (Å²) in [6.07, 6.45) is 0. The van der Waals surface area contributed by atoms with E-state index in [1.165, 1.54) is 4.88 Å². The molecule has 1 aromatic heterocycles. The summed E-state index contributed by atoms with van der Waals surface area (Å²) >= 11 is 8.44. The topological polar surface area (TPSA) is 38.0 Å². The van der Waals surface area contributed by atoms with Gasteiger partial charge in [0.25, 0.3) is 0 Å². The zero-order chi connectivity index (χ0) is 7.56. The molecule has 0 unspecified atom stereocenters. The van der Waals surface area contributed by atoms with Crippen LogP contribution in [0.1, 0.15) is 4.88 Å². The Balaban J connectivity index is 2.77. The number of rotatable bonds is 2. The van der Waals surface area contributed by atoms with Crippen LogP contribution in [0.15, 0.2) is 14.3 Å². The molecule has 5 heteroatoms. The summed E-state index contributed by atoms with van der Waals surface area (Å²) in [4.78, 5) is 1.21. The van der Waals surface area contributed by atoms with Gasteiger partial charge in [-0.05, 0) is 37.9 Å². The van der Waals surface area contributed by atoms with E-state index in [-0.39, 0.29) is 0 Å². The zero-order valence-electron chi connectivity index (χ0n) is 5.03. The molecule has 0 aliphatic carbocycles. The Bertz CT molecular complexity index is 204. The number of hydrogen-bond donors (Lipinski definition) is 2. The van der Waals surface area contributed by atoms with E-state index in [0.29, 0.717) is 0 Å².